The third kappa shape index (κ3) is 3.30. The first-order valence-corrected chi connectivity index (χ1v) is 8.30. The Hall–Kier alpha value is -2.11. The molecule has 1 atom stereocenters. The van der Waals surface area contributed by atoms with E-state index in [9.17, 15) is 9.59 Å². The van der Waals surface area contributed by atoms with Crippen LogP contribution in [0.1, 0.15) is 20.3 Å². The number of amides is 2. The number of carbonyl (C=O) groups is 2. The van der Waals surface area contributed by atoms with E-state index in [1.165, 1.54) is 0 Å². The monoisotopic (exact) mass is 316 g/mol. The molecule has 23 heavy (non-hydrogen) atoms. The number of hydrogen-bond donors (Lipinski definition) is 0. The van der Waals surface area contributed by atoms with Crippen molar-refractivity contribution in [1.82, 2.24) is 14.8 Å². The van der Waals surface area contributed by atoms with Crippen LogP contribution >= 0.6 is 0 Å². The first-order chi connectivity index (χ1) is 11.1. The predicted molar refractivity (Wildman–Crippen MR) is 88.0 cm³/mol. The van der Waals surface area contributed by atoms with Gasteiger partial charge in [-0.05, 0) is 26.0 Å². The minimum Gasteiger partial charge on any atom is -0.353 e. The first kappa shape index (κ1) is 15.8. The zero-order valence-corrected chi connectivity index (χ0v) is 13.8. The van der Waals surface area contributed by atoms with E-state index >= 15 is 0 Å². The summed E-state index contributed by atoms with van der Waals surface area (Å²) in [6.07, 6.45) is 2.15. The number of anilines is 1. The average molecular weight is 316 g/mol. The van der Waals surface area contributed by atoms with Crippen molar-refractivity contribution in [3.8, 4) is 0 Å². The van der Waals surface area contributed by atoms with E-state index in [1.807, 2.05) is 41.8 Å². The van der Waals surface area contributed by atoms with Gasteiger partial charge in [0.15, 0.2) is 0 Å². The fourth-order valence-electron chi connectivity index (χ4n) is 3.35. The number of hydrogen-bond acceptors (Lipinski definition) is 4. The number of rotatable bonds is 3. The van der Waals surface area contributed by atoms with E-state index in [2.05, 4.69) is 9.88 Å². The first-order valence-electron chi connectivity index (χ1n) is 8.30. The van der Waals surface area contributed by atoms with Crippen molar-refractivity contribution in [2.24, 2.45) is 5.92 Å². The van der Waals surface area contributed by atoms with E-state index in [0.717, 1.165) is 18.9 Å². The molecule has 2 saturated heterocycles. The van der Waals surface area contributed by atoms with Gasteiger partial charge in [0.05, 0.1) is 5.92 Å². The Balaban J connectivity index is 1.56. The van der Waals surface area contributed by atoms with E-state index in [0.29, 0.717) is 26.1 Å². The van der Waals surface area contributed by atoms with Crippen LogP contribution in [0.4, 0.5) is 5.82 Å². The molecule has 0 radical (unpaired) electrons. The van der Waals surface area contributed by atoms with Gasteiger partial charge in [0.2, 0.25) is 11.8 Å². The van der Waals surface area contributed by atoms with Crippen LogP contribution in [-0.4, -0.2) is 65.4 Å². The fourth-order valence-corrected chi connectivity index (χ4v) is 3.35. The molecular formula is C17H24N4O2. The van der Waals surface area contributed by atoms with Gasteiger partial charge in [-0.25, -0.2) is 4.98 Å². The Morgan fingerprint density at radius 1 is 1.22 bits per heavy atom. The summed E-state index contributed by atoms with van der Waals surface area (Å²) >= 11 is 0. The molecule has 0 aliphatic carbocycles. The average Bonchev–Trinajstić information content (AvgIpc) is 2.97. The summed E-state index contributed by atoms with van der Waals surface area (Å²) in [5, 5.41) is 0. The van der Waals surface area contributed by atoms with Crippen LogP contribution in [0.2, 0.25) is 0 Å². The second-order valence-electron chi connectivity index (χ2n) is 6.54. The summed E-state index contributed by atoms with van der Waals surface area (Å²) in [7, 11) is 0. The Labute approximate surface area is 137 Å². The number of piperazine rings is 1. The number of likely N-dealkylation sites (tertiary alicyclic amines) is 1. The van der Waals surface area contributed by atoms with Crippen molar-refractivity contribution >= 4 is 17.6 Å². The number of pyridine rings is 1. The third-order valence-electron chi connectivity index (χ3n) is 4.70. The lowest BCUT2D eigenvalue weighted by atomic mass is 10.1. The van der Waals surface area contributed by atoms with Gasteiger partial charge >= 0.3 is 0 Å². The van der Waals surface area contributed by atoms with Crippen LogP contribution in [0.15, 0.2) is 24.4 Å². The maximum atomic E-state index is 12.7. The second-order valence-corrected chi connectivity index (χ2v) is 6.54. The van der Waals surface area contributed by atoms with Crippen LogP contribution < -0.4 is 4.90 Å². The molecule has 6 nitrogen and oxygen atoms in total. The van der Waals surface area contributed by atoms with Crippen molar-refractivity contribution in [1.29, 1.82) is 0 Å². The van der Waals surface area contributed by atoms with Crippen molar-refractivity contribution in [3.63, 3.8) is 0 Å². The van der Waals surface area contributed by atoms with E-state index in [1.54, 1.807) is 6.20 Å². The lowest BCUT2D eigenvalue weighted by molar-refractivity contribution is -0.136. The molecule has 0 bridgehead atoms. The van der Waals surface area contributed by atoms with Crippen molar-refractivity contribution in [3.05, 3.63) is 24.4 Å². The SMILES string of the molecule is CC(C)N1CC(C(=O)N2CCN(c3ccccn3)CC2)CC1=O. The topological polar surface area (TPSA) is 56.8 Å². The smallest absolute Gasteiger partial charge is 0.228 e. The maximum Gasteiger partial charge on any atom is 0.228 e. The summed E-state index contributed by atoms with van der Waals surface area (Å²) in [5.74, 6) is 1.01. The lowest BCUT2D eigenvalue weighted by Crippen LogP contribution is -2.51. The van der Waals surface area contributed by atoms with E-state index in [4.69, 9.17) is 0 Å². The molecular weight excluding hydrogens is 292 g/mol. The van der Waals surface area contributed by atoms with Crippen molar-refractivity contribution in [2.45, 2.75) is 26.3 Å². The van der Waals surface area contributed by atoms with Crippen LogP contribution in [-0.2, 0) is 9.59 Å². The van der Waals surface area contributed by atoms with Gasteiger partial charge in [-0.1, -0.05) is 6.07 Å². The Morgan fingerprint density at radius 3 is 2.52 bits per heavy atom. The van der Waals surface area contributed by atoms with Gasteiger partial charge in [0, 0.05) is 51.4 Å². The molecule has 0 saturated carbocycles. The minimum absolute atomic E-state index is 0.102. The summed E-state index contributed by atoms with van der Waals surface area (Å²) in [6, 6.07) is 6.04. The molecule has 2 aliphatic heterocycles. The molecule has 1 aromatic rings. The summed E-state index contributed by atoms with van der Waals surface area (Å²) in [4.78, 5) is 34.9. The number of aromatic nitrogens is 1. The van der Waals surface area contributed by atoms with Gasteiger partial charge < -0.3 is 14.7 Å². The summed E-state index contributed by atoms with van der Waals surface area (Å²) < 4.78 is 0. The highest BCUT2D eigenvalue weighted by molar-refractivity contribution is 5.89. The van der Waals surface area contributed by atoms with Crippen LogP contribution in [0.5, 0.6) is 0 Å². The van der Waals surface area contributed by atoms with Crippen LogP contribution in [0, 0.1) is 5.92 Å². The Morgan fingerprint density at radius 2 is 1.96 bits per heavy atom. The molecule has 0 N–H and O–H groups in total. The molecule has 0 aromatic carbocycles. The summed E-state index contributed by atoms with van der Waals surface area (Å²) in [6.45, 7) is 7.53. The normalized spacial score (nSPS) is 22.1. The standard InChI is InChI=1S/C17H24N4O2/c1-13(2)21-12-14(11-16(21)22)17(23)20-9-7-19(8-10-20)15-5-3-4-6-18-15/h3-6,13-14H,7-12H2,1-2H3. The highest BCUT2D eigenvalue weighted by Gasteiger charge is 2.38. The third-order valence-corrected chi connectivity index (χ3v) is 4.70. The number of nitrogens with zero attached hydrogens (tertiary/aromatic N) is 4. The molecule has 2 fully saturated rings. The quantitative estimate of drug-likeness (QED) is 0.834. The fraction of sp³-hybridized carbons (Fsp3) is 0.588. The molecule has 2 aliphatic rings. The molecule has 124 valence electrons. The van der Waals surface area contributed by atoms with E-state index < -0.39 is 0 Å². The van der Waals surface area contributed by atoms with Crippen molar-refractivity contribution < 1.29 is 9.59 Å². The second kappa shape index (κ2) is 6.56. The largest absolute Gasteiger partial charge is 0.353 e. The highest BCUT2D eigenvalue weighted by atomic mass is 16.2. The number of carbonyl (C=O) groups excluding carboxylic acids is 2. The minimum atomic E-state index is -0.175. The highest BCUT2D eigenvalue weighted by Crippen LogP contribution is 2.23. The predicted octanol–water partition coefficient (Wildman–Crippen LogP) is 0.987. The molecule has 2 amide bonds. The maximum absolute atomic E-state index is 12.7. The van der Waals surface area contributed by atoms with Gasteiger partial charge in [-0.3, -0.25) is 9.59 Å². The van der Waals surface area contributed by atoms with Crippen molar-refractivity contribution in [2.75, 3.05) is 37.6 Å². The molecule has 1 unspecified atom stereocenters. The van der Waals surface area contributed by atoms with Gasteiger partial charge in [-0.15, -0.1) is 0 Å². The molecule has 0 spiro atoms. The Bertz CT molecular complexity index is 567. The summed E-state index contributed by atoms with van der Waals surface area (Å²) in [5.41, 5.74) is 0. The van der Waals surface area contributed by atoms with Crippen LogP contribution in [0.25, 0.3) is 0 Å². The molecule has 3 rings (SSSR count). The lowest BCUT2D eigenvalue weighted by Gasteiger charge is -2.36. The zero-order valence-electron chi connectivity index (χ0n) is 13.8. The zero-order chi connectivity index (χ0) is 16.4. The molecule has 1 aromatic heterocycles. The Kier molecular flexibility index (Phi) is 4.50. The van der Waals surface area contributed by atoms with Gasteiger partial charge in [0.1, 0.15) is 5.82 Å². The van der Waals surface area contributed by atoms with Crippen LogP contribution in [0.3, 0.4) is 0 Å². The molecule has 6 heteroatoms. The molecule has 3 heterocycles. The van der Waals surface area contributed by atoms with Gasteiger partial charge in [-0.2, -0.15) is 0 Å². The van der Waals surface area contributed by atoms with E-state index in [-0.39, 0.29) is 23.8 Å². The van der Waals surface area contributed by atoms with Gasteiger partial charge in [0.25, 0.3) is 0 Å².